The smallest absolute Gasteiger partial charge is 0.355 e. The van der Waals surface area contributed by atoms with Gasteiger partial charge in [0.15, 0.2) is 5.82 Å². The fraction of sp³-hybridized carbons (Fsp3) is 0.0370. The van der Waals surface area contributed by atoms with Crippen LogP contribution in [0, 0.1) is 0 Å². The van der Waals surface area contributed by atoms with Crippen molar-refractivity contribution in [1.82, 2.24) is 14.3 Å². The molecule has 0 atom stereocenters. The summed E-state index contributed by atoms with van der Waals surface area (Å²) < 4.78 is 8.52. The molecule has 5 nitrogen and oxygen atoms in total. The number of ether oxygens (including phenoxy) is 1. The zero-order chi connectivity index (χ0) is 21.9. The van der Waals surface area contributed by atoms with Crippen LogP contribution in [0.15, 0.2) is 114 Å². The van der Waals surface area contributed by atoms with Gasteiger partial charge >= 0.3 is 5.69 Å². The summed E-state index contributed by atoms with van der Waals surface area (Å²) in [5, 5.41) is 4.79. The number of para-hydroxylation sites is 2. The van der Waals surface area contributed by atoms with Gasteiger partial charge in [-0.2, -0.15) is 4.68 Å². The Hall–Kier alpha value is -4.38. The molecule has 0 saturated carbocycles. The lowest BCUT2D eigenvalue weighted by atomic mass is 10.0. The van der Waals surface area contributed by atoms with Crippen LogP contribution in [0.1, 0.15) is 0 Å². The minimum absolute atomic E-state index is 0.231. The summed E-state index contributed by atoms with van der Waals surface area (Å²) in [6.45, 7) is 0. The van der Waals surface area contributed by atoms with Crippen molar-refractivity contribution in [3.63, 3.8) is 0 Å². The maximum Gasteiger partial charge on any atom is 0.355 e. The topological polar surface area (TPSA) is 49.0 Å². The van der Waals surface area contributed by atoms with Gasteiger partial charge in [-0.05, 0) is 35.9 Å². The van der Waals surface area contributed by atoms with E-state index < -0.39 is 0 Å². The molecule has 5 rings (SSSR count). The van der Waals surface area contributed by atoms with Crippen LogP contribution in [0.25, 0.3) is 33.9 Å². The number of methoxy groups -OCH3 is 1. The van der Waals surface area contributed by atoms with Gasteiger partial charge in [-0.15, -0.1) is 5.10 Å². The molecule has 156 valence electrons. The number of nitrogens with zero attached hydrogens (tertiary/aromatic N) is 3. The highest BCUT2D eigenvalue weighted by Gasteiger charge is 2.19. The first-order valence-corrected chi connectivity index (χ1v) is 10.3. The van der Waals surface area contributed by atoms with Crippen molar-refractivity contribution >= 4 is 0 Å². The second-order valence-electron chi connectivity index (χ2n) is 7.30. The Bertz CT molecular complexity index is 1420. The van der Waals surface area contributed by atoms with Gasteiger partial charge in [0.25, 0.3) is 0 Å². The van der Waals surface area contributed by atoms with E-state index in [2.05, 4.69) is 0 Å². The Morgan fingerprint density at radius 2 is 1.38 bits per heavy atom. The number of hydrogen-bond donors (Lipinski definition) is 0. The third-order valence-electron chi connectivity index (χ3n) is 5.34. The van der Waals surface area contributed by atoms with E-state index in [-0.39, 0.29) is 5.69 Å². The number of benzene rings is 4. The minimum Gasteiger partial charge on any atom is -0.497 e. The Labute approximate surface area is 185 Å². The first kappa shape index (κ1) is 19.6. The highest BCUT2D eigenvalue weighted by atomic mass is 16.5. The molecule has 0 saturated heterocycles. The summed E-state index contributed by atoms with van der Waals surface area (Å²) in [4.78, 5) is 13.7. The second-order valence-corrected chi connectivity index (χ2v) is 7.30. The number of aromatic nitrogens is 3. The fourth-order valence-electron chi connectivity index (χ4n) is 3.80. The standard InChI is InChI=1S/C27H21N3O2/c1-32-23-16-10-13-21(19-23)24-17-8-9-18-25(24)30-27(31)29(22-14-6-3-7-15-22)26(28-30)20-11-4-2-5-12-20/h2-19H,1H3. The normalized spacial score (nSPS) is 10.8. The highest BCUT2D eigenvalue weighted by Crippen LogP contribution is 2.29. The second kappa shape index (κ2) is 8.40. The molecule has 0 fully saturated rings. The molecule has 4 aromatic carbocycles. The molecule has 32 heavy (non-hydrogen) atoms. The summed E-state index contributed by atoms with van der Waals surface area (Å²) >= 11 is 0. The maximum atomic E-state index is 13.7. The van der Waals surface area contributed by atoms with E-state index in [4.69, 9.17) is 9.84 Å². The molecule has 0 aliphatic heterocycles. The summed E-state index contributed by atoms with van der Waals surface area (Å²) in [5.41, 5.74) is 3.95. The van der Waals surface area contributed by atoms with Gasteiger partial charge in [-0.3, -0.25) is 0 Å². The predicted octanol–water partition coefficient (Wildman–Crippen LogP) is 5.37. The van der Waals surface area contributed by atoms with E-state index in [1.807, 2.05) is 109 Å². The molecule has 1 heterocycles. The molecular weight excluding hydrogens is 398 g/mol. The van der Waals surface area contributed by atoms with E-state index in [0.717, 1.165) is 28.1 Å². The molecule has 5 aromatic rings. The van der Waals surface area contributed by atoms with Crippen LogP contribution in [0.3, 0.4) is 0 Å². The summed E-state index contributed by atoms with van der Waals surface area (Å²) in [6.07, 6.45) is 0. The molecular formula is C27H21N3O2. The van der Waals surface area contributed by atoms with Crippen LogP contribution >= 0.6 is 0 Å². The first-order valence-electron chi connectivity index (χ1n) is 10.3. The van der Waals surface area contributed by atoms with Gasteiger partial charge in [0.2, 0.25) is 0 Å². The zero-order valence-electron chi connectivity index (χ0n) is 17.6. The lowest BCUT2D eigenvalue weighted by molar-refractivity contribution is 0.415. The van der Waals surface area contributed by atoms with Crippen LogP contribution in [0.5, 0.6) is 5.75 Å². The molecule has 0 bridgehead atoms. The van der Waals surface area contributed by atoms with Gasteiger partial charge < -0.3 is 4.74 Å². The van der Waals surface area contributed by atoms with Crippen LogP contribution < -0.4 is 10.4 Å². The van der Waals surface area contributed by atoms with Crippen LogP contribution in [-0.4, -0.2) is 21.5 Å². The van der Waals surface area contributed by atoms with E-state index >= 15 is 0 Å². The number of hydrogen-bond acceptors (Lipinski definition) is 3. The molecule has 0 N–H and O–H groups in total. The average Bonchev–Trinajstić information content (AvgIpc) is 3.22. The van der Waals surface area contributed by atoms with Gasteiger partial charge in [0.1, 0.15) is 5.75 Å². The Morgan fingerprint density at radius 3 is 2.12 bits per heavy atom. The zero-order valence-corrected chi connectivity index (χ0v) is 17.6. The molecule has 0 unspecified atom stereocenters. The van der Waals surface area contributed by atoms with Crippen LogP contribution in [0.2, 0.25) is 0 Å². The van der Waals surface area contributed by atoms with Crippen molar-refractivity contribution in [3.05, 3.63) is 120 Å². The minimum atomic E-state index is -0.231. The fourth-order valence-corrected chi connectivity index (χ4v) is 3.80. The lowest BCUT2D eigenvalue weighted by Crippen LogP contribution is -2.23. The van der Waals surface area contributed by atoms with Crippen LogP contribution in [-0.2, 0) is 0 Å². The van der Waals surface area contributed by atoms with Crippen molar-refractivity contribution in [1.29, 1.82) is 0 Å². The average molecular weight is 419 g/mol. The van der Waals surface area contributed by atoms with Gasteiger partial charge in [-0.25, -0.2) is 9.36 Å². The Morgan fingerprint density at radius 1 is 0.719 bits per heavy atom. The van der Waals surface area contributed by atoms with Gasteiger partial charge in [-0.1, -0.05) is 78.9 Å². The summed E-state index contributed by atoms with van der Waals surface area (Å²) in [6, 6.07) is 34.9. The first-order chi connectivity index (χ1) is 15.8. The molecule has 1 aromatic heterocycles. The quantitative estimate of drug-likeness (QED) is 0.385. The Kier molecular flexibility index (Phi) is 5.14. The largest absolute Gasteiger partial charge is 0.497 e. The van der Waals surface area contributed by atoms with Crippen LogP contribution in [0.4, 0.5) is 0 Å². The maximum absolute atomic E-state index is 13.7. The third kappa shape index (κ3) is 3.50. The summed E-state index contributed by atoms with van der Waals surface area (Å²) in [5.74, 6) is 1.34. The van der Waals surface area contributed by atoms with E-state index in [9.17, 15) is 4.79 Å². The molecule has 0 radical (unpaired) electrons. The summed E-state index contributed by atoms with van der Waals surface area (Å²) in [7, 11) is 1.64. The van der Waals surface area contributed by atoms with Crippen molar-refractivity contribution in [2.24, 2.45) is 0 Å². The van der Waals surface area contributed by atoms with Crippen molar-refractivity contribution in [3.8, 4) is 39.6 Å². The molecule has 0 aliphatic rings. The third-order valence-corrected chi connectivity index (χ3v) is 5.34. The van der Waals surface area contributed by atoms with Gasteiger partial charge in [0.05, 0.1) is 18.5 Å². The van der Waals surface area contributed by atoms with Crippen molar-refractivity contribution in [2.45, 2.75) is 0 Å². The molecule has 0 spiro atoms. The van der Waals surface area contributed by atoms with Gasteiger partial charge in [0, 0.05) is 11.1 Å². The SMILES string of the molecule is COc1cccc(-c2ccccc2-n2nc(-c3ccccc3)n(-c3ccccc3)c2=O)c1. The number of rotatable bonds is 5. The molecule has 5 heteroatoms. The van der Waals surface area contributed by atoms with Crippen molar-refractivity contribution in [2.75, 3.05) is 7.11 Å². The lowest BCUT2D eigenvalue weighted by Gasteiger charge is -2.10. The Balaban J connectivity index is 1.76. The van der Waals surface area contributed by atoms with E-state index in [1.54, 1.807) is 11.7 Å². The van der Waals surface area contributed by atoms with E-state index in [0.29, 0.717) is 11.5 Å². The van der Waals surface area contributed by atoms with E-state index in [1.165, 1.54) is 4.68 Å². The highest BCUT2D eigenvalue weighted by molar-refractivity contribution is 5.74. The van der Waals surface area contributed by atoms with Crippen molar-refractivity contribution < 1.29 is 4.74 Å². The monoisotopic (exact) mass is 419 g/mol. The predicted molar refractivity (Wildman–Crippen MR) is 127 cm³/mol. The molecule has 0 aliphatic carbocycles. The molecule has 0 amide bonds.